The van der Waals surface area contributed by atoms with Gasteiger partial charge in [-0.3, -0.25) is 4.79 Å². The highest BCUT2D eigenvalue weighted by atomic mass is 16.2. The number of aromatic nitrogens is 2. The van der Waals surface area contributed by atoms with E-state index in [0.29, 0.717) is 6.54 Å². The first-order chi connectivity index (χ1) is 15.6. The van der Waals surface area contributed by atoms with Crippen LogP contribution in [0.2, 0.25) is 0 Å². The smallest absolute Gasteiger partial charge is 0.256 e. The first-order valence-electron chi connectivity index (χ1n) is 11.3. The Hall–Kier alpha value is -3.60. The third-order valence-electron chi connectivity index (χ3n) is 6.34. The summed E-state index contributed by atoms with van der Waals surface area (Å²) in [6, 6.07) is 20.5. The Kier molecular flexibility index (Phi) is 5.39. The highest BCUT2D eigenvalue weighted by molar-refractivity contribution is 6.12. The molecule has 162 valence electrons. The quantitative estimate of drug-likeness (QED) is 0.492. The lowest BCUT2D eigenvalue weighted by Gasteiger charge is -2.23. The monoisotopic (exact) mass is 424 g/mol. The molecule has 5 nitrogen and oxygen atoms in total. The summed E-state index contributed by atoms with van der Waals surface area (Å²) in [5.74, 6) is 1.08. The van der Waals surface area contributed by atoms with Gasteiger partial charge in [-0.25, -0.2) is 4.98 Å². The van der Waals surface area contributed by atoms with Crippen molar-refractivity contribution < 1.29 is 4.79 Å². The molecule has 1 amide bonds. The Morgan fingerprint density at radius 2 is 1.78 bits per heavy atom. The number of hydrogen-bond acceptors (Lipinski definition) is 3. The molecule has 4 aromatic rings. The zero-order valence-electron chi connectivity index (χ0n) is 18.6. The number of benzene rings is 2. The number of rotatable bonds is 3. The number of fused-ring (bicyclic) bond motifs is 1. The van der Waals surface area contributed by atoms with Gasteiger partial charge < -0.3 is 14.8 Å². The molecule has 0 bridgehead atoms. The number of anilines is 1. The lowest BCUT2D eigenvalue weighted by Crippen LogP contribution is -2.35. The fourth-order valence-electron chi connectivity index (χ4n) is 4.63. The Labute approximate surface area is 188 Å². The zero-order chi connectivity index (χ0) is 22.1. The predicted octanol–water partition coefficient (Wildman–Crippen LogP) is 5.20. The predicted molar refractivity (Wildman–Crippen MR) is 130 cm³/mol. The highest BCUT2D eigenvalue weighted by Crippen LogP contribution is 2.34. The average molecular weight is 425 g/mol. The number of carbonyl (C=O) groups is 1. The number of nitrogens with zero attached hydrogens (tertiary/aromatic N) is 3. The molecule has 0 spiro atoms. The minimum atomic E-state index is 0.1000. The maximum atomic E-state index is 14.0. The van der Waals surface area contributed by atoms with Crippen molar-refractivity contribution in [1.29, 1.82) is 0 Å². The summed E-state index contributed by atoms with van der Waals surface area (Å²) in [7, 11) is 0. The van der Waals surface area contributed by atoms with E-state index in [1.54, 1.807) is 0 Å². The maximum absolute atomic E-state index is 14.0. The molecule has 0 saturated carbocycles. The number of amides is 1. The van der Waals surface area contributed by atoms with Gasteiger partial charge in [0.2, 0.25) is 0 Å². The van der Waals surface area contributed by atoms with E-state index in [1.807, 2.05) is 41.4 Å². The van der Waals surface area contributed by atoms with Gasteiger partial charge in [0.1, 0.15) is 5.82 Å². The van der Waals surface area contributed by atoms with Crippen molar-refractivity contribution in [3.8, 4) is 11.3 Å². The topological polar surface area (TPSA) is 52.2 Å². The van der Waals surface area contributed by atoms with Crippen LogP contribution >= 0.6 is 0 Å². The van der Waals surface area contributed by atoms with E-state index < -0.39 is 0 Å². The van der Waals surface area contributed by atoms with Gasteiger partial charge in [0.15, 0.2) is 0 Å². The molecule has 0 unspecified atom stereocenters. The highest BCUT2D eigenvalue weighted by Gasteiger charge is 2.27. The Balaban J connectivity index is 1.52. The summed E-state index contributed by atoms with van der Waals surface area (Å²) in [4.78, 5) is 26.3. The van der Waals surface area contributed by atoms with Gasteiger partial charge >= 0.3 is 0 Å². The van der Waals surface area contributed by atoms with Crippen LogP contribution in [0.4, 0.5) is 5.82 Å². The number of pyridine rings is 1. The Morgan fingerprint density at radius 3 is 2.59 bits per heavy atom. The van der Waals surface area contributed by atoms with E-state index in [9.17, 15) is 4.79 Å². The second-order valence-electron chi connectivity index (χ2n) is 8.56. The van der Waals surface area contributed by atoms with Crippen LogP contribution in [0.15, 0.2) is 66.9 Å². The van der Waals surface area contributed by atoms with Crippen molar-refractivity contribution in [2.24, 2.45) is 0 Å². The fourth-order valence-corrected chi connectivity index (χ4v) is 4.63. The molecule has 0 atom stereocenters. The summed E-state index contributed by atoms with van der Waals surface area (Å²) in [6.45, 7) is 7.28. The lowest BCUT2D eigenvalue weighted by molar-refractivity contribution is 0.0770. The van der Waals surface area contributed by atoms with E-state index in [0.717, 1.165) is 70.7 Å². The summed E-state index contributed by atoms with van der Waals surface area (Å²) in [6.07, 6.45) is 2.75. The van der Waals surface area contributed by atoms with Gasteiger partial charge in [-0.2, -0.15) is 0 Å². The first kappa shape index (κ1) is 20.3. The normalized spacial score (nSPS) is 14.6. The van der Waals surface area contributed by atoms with Gasteiger partial charge in [-0.05, 0) is 50.1 Å². The third-order valence-corrected chi connectivity index (χ3v) is 6.34. The number of aryl methyl sites for hydroxylation is 2. The number of nitrogens with one attached hydrogen (secondary N) is 1. The third kappa shape index (κ3) is 3.75. The minimum Gasteiger partial charge on any atom is -0.355 e. The largest absolute Gasteiger partial charge is 0.355 e. The zero-order valence-corrected chi connectivity index (χ0v) is 18.6. The van der Waals surface area contributed by atoms with Crippen molar-refractivity contribution in [3.63, 3.8) is 0 Å². The molecule has 3 heterocycles. The number of hydrogen-bond donors (Lipinski definition) is 1. The summed E-state index contributed by atoms with van der Waals surface area (Å²) >= 11 is 0. The van der Waals surface area contributed by atoms with Crippen molar-refractivity contribution in [2.45, 2.75) is 20.3 Å². The standard InChI is InChI=1S/C27H28N4O/c1-19-11-12-23-22(18-19)25(26(29-23)21-9-4-3-8-20(21)2)27(32)31-15-7-14-30(16-17-31)24-10-5-6-13-28-24/h3-6,8-13,18,29H,7,14-17H2,1-2H3. The summed E-state index contributed by atoms with van der Waals surface area (Å²) in [5.41, 5.74) is 6.08. The molecule has 0 radical (unpaired) electrons. The number of carbonyl (C=O) groups excluding carboxylic acids is 1. The van der Waals surface area contributed by atoms with Crippen molar-refractivity contribution in [2.75, 3.05) is 31.1 Å². The summed E-state index contributed by atoms with van der Waals surface area (Å²) in [5, 5.41) is 0.999. The maximum Gasteiger partial charge on any atom is 0.256 e. The lowest BCUT2D eigenvalue weighted by atomic mass is 9.99. The molecular formula is C27H28N4O. The van der Waals surface area contributed by atoms with E-state index in [2.05, 4.69) is 59.0 Å². The Bertz CT molecular complexity index is 1260. The van der Waals surface area contributed by atoms with E-state index >= 15 is 0 Å². The van der Waals surface area contributed by atoms with Crippen molar-refractivity contribution in [1.82, 2.24) is 14.9 Å². The van der Waals surface area contributed by atoms with Crippen LogP contribution in [-0.2, 0) is 0 Å². The molecule has 2 aromatic carbocycles. The molecule has 1 N–H and O–H groups in total. The van der Waals surface area contributed by atoms with Crippen LogP contribution in [0, 0.1) is 13.8 Å². The molecule has 5 heteroatoms. The molecule has 1 saturated heterocycles. The van der Waals surface area contributed by atoms with Crippen LogP contribution in [-0.4, -0.2) is 47.0 Å². The number of H-pyrrole nitrogens is 1. The van der Waals surface area contributed by atoms with Gasteiger partial charge in [0, 0.05) is 48.8 Å². The van der Waals surface area contributed by atoms with Gasteiger partial charge in [0.05, 0.1) is 11.3 Å². The molecule has 2 aromatic heterocycles. The van der Waals surface area contributed by atoms with Crippen LogP contribution in [0.25, 0.3) is 22.2 Å². The van der Waals surface area contributed by atoms with Gasteiger partial charge in [-0.1, -0.05) is 42.0 Å². The SMILES string of the molecule is Cc1ccc2[nH]c(-c3ccccc3C)c(C(=O)N3CCCN(c4ccccn4)CC3)c2c1. The van der Waals surface area contributed by atoms with E-state index in [4.69, 9.17) is 0 Å². The number of aromatic amines is 1. The molecule has 1 aliphatic rings. The van der Waals surface area contributed by atoms with Crippen molar-refractivity contribution in [3.05, 3.63) is 83.6 Å². The minimum absolute atomic E-state index is 0.1000. The molecule has 0 aliphatic carbocycles. The molecule has 32 heavy (non-hydrogen) atoms. The summed E-state index contributed by atoms with van der Waals surface area (Å²) < 4.78 is 0. The molecule has 1 fully saturated rings. The molecular weight excluding hydrogens is 396 g/mol. The Morgan fingerprint density at radius 1 is 0.938 bits per heavy atom. The van der Waals surface area contributed by atoms with Crippen LogP contribution in [0.5, 0.6) is 0 Å². The molecule has 5 rings (SSSR count). The second kappa shape index (κ2) is 8.50. The van der Waals surface area contributed by atoms with E-state index in [1.165, 1.54) is 0 Å². The van der Waals surface area contributed by atoms with Gasteiger partial charge in [0.25, 0.3) is 5.91 Å². The van der Waals surface area contributed by atoms with Crippen LogP contribution in [0.1, 0.15) is 27.9 Å². The van der Waals surface area contributed by atoms with Gasteiger partial charge in [-0.15, -0.1) is 0 Å². The second-order valence-corrected chi connectivity index (χ2v) is 8.56. The fraction of sp³-hybridized carbons (Fsp3) is 0.259. The molecule has 1 aliphatic heterocycles. The van der Waals surface area contributed by atoms with E-state index in [-0.39, 0.29) is 5.91 Å². The average Bonchev–Trinajstić information content (AvgIpc) is 3.00. The van der Waals surface area contributed by atoms with Crippen LogP contribution < -0.4 is 4.90 Å². The van der Waals surface area contributed by atoms with Crippen LogP contribution in [0.3, 0.4) is 0 Å². The first-order valence-corrected chi connectivity index (χ1v) is 11.3. The van der Waals surface area contributed by atoms with Crippen molar-refractivity contribution >= 4 is 22.6 Å².